The largest absolute Gasteiger partial charge is 0.431 e. The lowest BCUT2D eigenvalue weighted by Crippen LogP contribution is -2.93. The molecule has 2 aliphatic carbocycles. The van der Waals surface area contributed by atoms with E-state index in [0.717, 1.165) is 0 Å². The Kier molecular flexibility index (Phi) is 4.21. The monoisotopic (exact) mass is 458 g/mol. The van der Waals surface area contributed by atoms with Crippen LogP contribution >= 0.6 is 0 Å². The van der Waals surface area contributed by atoms with Gasteiger partial charge in [-0.3, -0.25) is 0 Å². The first-order valence-corrected chi connectivity index (χ1v) is 6.53. The SMILES string of the molecule is FC1C(F)(F)C(F)(F)C(F)(F)C2(F)C(F)C(F)(F)C(F)(C(F)(F)F)C(F)C12F. The molecule has 2 aliphatic rings. The minimum Gasteiger partial charge on any atom is -0.239 e. The summed E-state index contributed by atoms with van der Waals surface area (Å²) < 4.78 is 228. The molecular weight excluding hydrogens is 455 g/mol. The number of halogens is 17. The zero-order valence-electron chi connectivity index (χ0n) is 12.2. The third kappa shape index (κ3) is 1.78. The molecule has 0 saturated heterocycles. The van der Waals surface area contributed by atoms with Crippen LogP contribution in [0.2, 0.25) is 0 Å². The Morgan fingerprint density at radius 2 is 0.893 bits per heavy atom. The van der Waals surface area contributed by atoms with Crippen LogP contribution in [0, 0.1) is 0 Å². The van der Waals surface area contributed by atoms with Crippen molar-refractivity contribution in [1.82, 2.24) is 0 Å². The van der Waals surface area contributed by atoms with Crippen LogP contribution in [0.15, 0.2) is 0 Å². The van der Waals surface area contributed by atoms with Gasteiger partial charge in [-0.2, -0.15) is 48.3 Å². The van der Waals surface area contributed by atoms with Crippen molar-refractivity contribution in [2.45, 2.75) is 65.4 Å². The molecule has 6 unspecified atom stereocenters. The molecule has 0 heterocycles. The molecule has 0 amide bonds. The molecule has 6 atom stereocenters. The first-order chi connectivity index (χ1) is 12.0. The van der Waals surface area contributed by atoms with Gasteiger partial charge in [0.15, 0.2) is 6.17 Å². The Hall–Kier alpha value is -1.19. The summed E-state index contributed by atoms with van der Waals surface area (Å²) in [6.45, 7) is 0. The number of rotatable bonds is 0. The predicted octanol–water partition coefficient (Wildman–Crippen LogP) is 5.26. The fraction of sp³-hybridized carbons (Fsp3) is 1.00. The minimum atomic E-state index is -7.76. The summed E-state index contributed by atoms with van der Waals surface area (Å²) >= 11 is 0. The molecule has 2 saturated carbocycles. The molecule has 17 heteroatoms. The molecule has 28 heavy (non-hydrogen) atoms. The summed E-state index contributed by atoms with van der Waals surface area (Å²) in [6, 6.07) is 0. The lowest BCUT2D eigenvalue weighted by atomic mass is 9.54. The van der Waals surface area contributed by atoms with Gasteiger partial charge in [-0.1, -0.05) is 0 Å². The Bertz CT molecular complexity index is 667. The maximum Gasteiger partial charge on any atom is 0.431 e. The zero-order chi connectivity index (χ0) is 22.7. The van der Waals surface area contributed by atoms with Gasteiger partial charge in [0.05, 0.1) is 0 Å². The summed E-state index contributed by atoms with van der Waals surface area (Å²) in [5.41, 5.74) is -21.9. The van der Waals surface area contributed by atoms with Gasteiger partial charge in [0, 0.05) is 0 Å². The van der Waals surface area contributed by atoms with E-state index in [1.165, 1.54) is 0 Å². The molecule has 0 aromatic heterocycles. The van der Waals surface area contributed by atoms with Gasteiger partial charge in [0.2, 0.25) is 18.0 Å². The number of alkyl halides is 17. The molecule has 0 bridgehead atoms. The highest BCUT2D eigenvalue weighted by Crippen LogP contribution is 2.73. The van der Waals surface area contributed by atoms with E-state index in [-0.39, 0.29) is 0 Å². The van der Waals surface area contributed by atoms with E-state index in [1.807, 2.05) is 0 Å². The standard InChI is InChI=1S/C11H3F17/c12-1-4(15)2(13)8(20,21)10(24,25)9(22,23)5(4,16)3(14)7(18,19)6(1,17)11(26,27)28/h1-3H. The van der Waals surface area contributed by atoms with E-state index in [2.05, 4.69) is 0 Å². The van der Waals surface area contributed by atoms with Gasteiger partial charge in [-0.05, 0) is 0 Å². The van der Waals surface area contributed by atoms with Crippen LogP contribution < -0.4 is 0 Å². The van der Waals surface area contributed by atoms with Gasteiger partial charge in [-0.15, -0.1) is 0 Å². The summed E-state index contributed by atoms with van der Waals surface area (Å²) in [5, 5.41) is 0. The van der Waals surface area contributed by atoms with Crippen molar-refractivity contribution in [3.05, 3.63) is 0 Å². The van der Waals surface area contributed by atoms with Crippen molar-refractivity contribution in [2.24, 2.45) is 0 Å². The van der Waals surface area contributed by atoms with Crippen LogP contribution in [0.5, 0.6) is 0 Å². The molecule has 0 spiro atoms. The summed E-state index contributed by atoms with van der Waals surface area (Å²) in [7, 11) is 0. The second-order valence-electron chi connectivity index (χ2n) is 6.17. The van der Waals surface area contributed by atoms with E-state index < -0.39 is 65.4 Å². The molecule has 0 N–H and O–H groups in total. The normalized spacial score (nSPS) is 49.4. The molecule has 2 rings (SSSR count). The van der Waals surface area contributed by atoms with Crippen molar-refractivity contribution in [1.29, 1.82) is 0 Å². The van der Waals surface area contributed by atoms with Gasteiger partial charge < -0.3 is 0 Å². The predicted molar refractivity (Wildman–Crippen MR) is 52.0 cm³/mol. The first-order valence-electron chi connectivity index (χ1n) is 6.53. The van der Waals surface area contributed by atoms with Crippen molar-refractivity contribution in [3.8, 4) is 0 Å². The quantitative estimate of drug-likeness (QED) is 0.435. The third-order valence-electron chi connectivity index (χ3n) is 4.80. The summed E-state index contributed by atoms with van der Waals surface area (Å²) in [4.78, 5) is 0. The molecule has 0 aliphatic heterocycles. The maximum atomic E-state index is 14.4. The smallest absolute Gasteiger partial charge is 0.239 e. The van der Waals surface area contributed by atoms with Crippen molar-refractivity contribution in [3.63, 3.8) is 0 Å². The second-order valence-corrected chi connectivity index (χ2v) is 6.17. The van der Waals surface area contributed by atoms with E-state index in [1.54, 1.807) is 0 Å². The molecule has 166 valence electrons. The number of fused-ring (bicyclic) bond motifs is 1. The van der Waals surface area contributed by atoms with Crippen LogP contribution in [-0.4, -0.2) is 65.4 Å². The minimum absolute atomic E-state index is 6.14. The van der Waals surface area contributed by atoms with Crippen molar-refractivity contribution >= 4 is 0 Å². The molecule has 0 nitrogen and oxygen atoms in total. The lowest BCUT2D eigenvalue weighted by Gasteiger charge is -2.61. The lowest BCUT2D eigenvalue weighted by molar-refractivity contribution is -0.474. The summed E-state index contributed by atoms with van der Waals surface area (Å²) in [5.74, 6) is -30.0. The van der Waals surface area contributed by atoms with E-state index in [0.29, 0.717) is 0 Å². The maximum absolute atomic E-state index is 14.4. The number of hydrogen-bond donors (Lipinski definition) is 0. The van der Waals surface area contributed by atoms with Gasteiger partial charge in [0.25, 0.3) is 5.67 Å². The van der Waals surface area contributed by atoms with Crippen LogP contribution in [0.3, 0.4) is 0 Å². The fourth-order valence-electron chi connectivity index (χ4n) is 3.18. The Morgan fingerprint density at radius 3 is 1.25 bits per heavy atom. The molecule has 0 aromatic carbocycles. The van der Waals surface area contributed by atoms with Crippen LogP contribution in [0.4, 0.5) is 74.6 Å². The molecule has 2 fully saturated rings. The van der Waals surface area contributed by atoms with E-state index in [9.17, 15) is 74.6 Å². The highest BCUT2D eigenvalue weighted by Gasteiger charge is 3.04. The topological polar surface area (TPSA) is 0 Å². The molecule has 0 radical (unpaired) electrons. The second kappa shape index (κ2) is 5.10. The molecule has 0 aromatic rings. The van der Waals surface area contributed by atoms with Crippen LogP contribution in [0.1, 0.15) is 0 Å². The van der Waals surface area contributed by atoms with Crippen molar-refractivity contribution < 1.29 is 74.6 Å². The van der Waals surface area contributed by atoms with Crippen molar-refractivity contribution in [2.75, 3.05) is 0 Å². The zero-order valence-corrected chi connectivity index (χ0v) is 12.2. The van der Waals surface area contributed by atoms with Gasteiger partial charge in [0.1, 0.15) is 0 Å². The third-order valence-corrected chi connectivity index (χ3v) is 4.80. The fourth-order valence-corrected chi connectivity index (χ4v) is 3.18. The van der Waals surface area contributed by atoms with Crippen LogP contribution in [0.25, 0.3) is 0 Å². The first kappa shape index (κ1) is 23.1. The Balaban J connectivity index is 3.02. The Labute approximate surface area is 141 Å². The van der Waals surface area contributed by atoms with E-state index >= 15 is 0 Å². The van der Waals surface area contributed by atoms with E-state index in [4.69, 9.17) is 0 Å². The Morgan fingerprint density at radius 1 is 0.500 bits per heavy atom. The average molecular weight is 458 g/mol. The highest BCUT2D eigenvalue weighted by atomic mass is 19.4. The van der Waals surface area contributed by atoms with Gasteiger partial charge >= 0.3 is 35.5 Å². The molecular formula is C11H3F17. The van der Waals surface area contributed by atoms with Gasteiger partial charge in [-0.25, -0.2) is 26.3 Å². The van der Waals surface area contributed by atoms with Crippen LogP contribution in [-0.2, 0) is 0 Å². The average Bonchev–Trinajstić information content (AvgIpc) is 2.53. The highest BCUT2D eigenvalue weighted by molar-refractivity contribution is 5.38. The summed E-state index contributed by atoms with van der Waals surface area (Å²) in [6.07, 6.45) is -26.4. The number of hydrogen-bond acceptors (Lipinski definition) is 0.